The molecular formula is C24H33N3O5. The van der Waals surface area contributed by atoms with E-state index in [0.717, 1.165) is 6.42 Å². The Morgan fingerprint density at radius 3 is 2.28 bits per heavy atom. The molecule has 0 fully saturated rings. The third kappa shape index (κ3) is 8.75. The second-order valence-corrected chi connectivity index (χ2v) is 7.77. The largest absolute Gasteiger partial charge is 0.479 e. The van der Waals surface area contributed by atoms with Gasteiger partial charge in [0.05, 0.1) is 5.70 Å². The number of carboxylic acids is 1. The van der Waals surface area contributed by atoms with Crippen LogP contribution in [0, 0.1) is 5.92 Å². The van der Waals surface area contributed by atoms with Gasteiger partial charge in [0.1, 0.15) is 5.70 Å². The Labute approximate surface area is 189 Å². The molecule has 1 amide bonds. The lowest BCUT2D eigenvalue weighted by molar-refractivity contribution is -0.139. The standard InChI is InChI=1S/C16H23N3O5.C8H10/c1-9(2)5-6-11(14(22)15(17)23)13-16(24-8-12(20)21)18-10(3)7-19(13)4;1-2-8-6-4-3-5-7-8/h7,9H,5-6,8H2,1-4H3,(H2,17,23)(H,20,21);3-7H,2H2,1H3/b13-11+;. The number of hydrogen-bond donors (Lipinski definition) is 2. The van der Waals surface area contributed by atoms with E-state index in [0.29, 0.717) is 24.5 Å². The van der Waals surface area contributed by atoms with Crippen LogP contribution < -0.4 is 5.73 Å². The minimum absolute atomic E-state index is 0.00624. The predicted molar refractivity (Wildman–Crippen MR) is 124 cm³/mol. The van der Waals surface area contributed by atoms with E-state index in [2.05, 4.69) is 36.2 Å². The number of benzene rings is 1. The lowest BCUT2D eigenvalue weighted by Gasteiger charge is -2.27. The molecule has 0 aliphatic carbocycles. The van der Waals surface area contributed by atoms with Crippen molar-refractivity contribution in [1.29, 1.82) is 0 Å². The highest BCUT2D eigenvalue weighted by Gasteiger charge is 2.28. The maximum atomic E-state index is 12.3. The molecule has 0 atom stereocenters. The Hall–Kier alpha value is -3.42. The Balaban J connectivity index is 0.000000533. The van der Waals surface area contributed by atoms with Gasteiger partial charge >= 0.3 is 5.97 Å². The lowest BCUT2D eigenvalue weighted by Crippen LogP contribution is -2.33. The van der Waals surface area contributed by atoms with E-state index in [1.54, 1.807) is 25.1 Å². The molecule has 0 aromatic heterocycles. The highest BCUT2D eigenvalue weighted by Crippen LogP contribution is 2.24. The van der Waals surface area contributed by atoms with Gasteiger partial charge in [-0.2, -0.15) is 0 Å². The zero-order valence-electron chi connectivity index (χ0n) is 19.4. The van der Waals surface area contributed by atoms with E-state index in [9.17, 15) is 14.4 Å². The molecule has 32 heavy (non-hydrogen) atoms. The van der Waals surface area contributed by atoms with Gasteiger partial charge in [0, 0.05) is 18.8 Å². The molecular weight excluding hydrogens is 410 g/mol. The number of nitrogens with two attached hydrogens (primary N) is 1. The Bertz CT molecular complexity index is 901. The molecule has 1 aromatic carbocycles. The van der Waals surface area contributed by atoms with E-state index < -0.39 is 24.3 Å². The first kappa shape index (κ1) is 26.6. The molecule has 1 aliphatic heterocycles. The van der Waals surface area contributed by atoms with E-state index in [4.69, 9.17) is 15.6 Å². The fraction of sp³-hybridized carbons (Fsp3) is 0.417. The summed E-state index contributed by atoms with van der Waals surface area (Å²) in [5, 5.41) is 8.81. The molecule has 0 unspecified atom stereocenters. The topological polar surface area (TPSA) is 122 Å². The van der Waals surface area contributed by atoms with Gasteiger partial charge in [-0.15, -0.1) is 0 Å². The van der Waals surface area contributed by atoms with Crippen LogP contribution in [0.3, 0.4) is 0 Å². The number of likely N-dealkylation sites (N-methyl/N-ethyl adjacent to an activating group) is 1. The Morgan fingerprint density at radius 2 is 1.81 bits per heavy atom. The van der Waals surface area contributed by atoms with Crippen LogP contribution in [-0.4, -0.2) is 47.2 Å². The molecule has 174 valence electrons. The molecule has 8 nitrogen and oxygen atoms in total. The number of Topliss-reactive ketones (excluding diaryl/α,β-unsaturated/α-hetero) is 1. The normalized spacial score (nSPS) is 14.6. The van der Waals surface area contributed by atoms with Gasteiger partial charge in [-0.05, 0) is 37.7 Å². The zero-order valence-corrected chi connectivity index (χ0v) is 19.4. The van der Waals surface area contributed by atoms with Crippen molar-refractivity contribution in [2.45, 2.75) is 47.0 Å². The van der Waals surface area contributed by atoms with Gasteiger partial charge in [-0.1, -0.05) is 51.1 Å². The average molecular weight is 444 g/mol. The number of aliphatic imine (C=N–C) groups is 1. The summed E-state index contributed by atoms with van der Waals surface area (Å²) in [5.74, 6) is -2.77. The lowest BCUT2D eigenvalue weighted by atomic mass is 9.96. The third-order valence-electron chi connectivity index (χ3n) is 4.55. The van der Waals surface area contributed by atoms with Crippen molar-refractivity contribution in [2.24, 2.45) is 16.6 Å². The molecule has 8 heteroatoms. The smallest absolute Gasteiger partial charge is 0.341 e. The number of hydrogen-bond acceptors (Lipinski definition) is 6. The fourth-order valence-electron chi connectivity index (χ4n) is 2.95. The van der Waals surface area contributed by atoms with Crippen molar-refractivity contribution in [3.63, 3.8) is 0 Å². The third-order valence-corrected chi connectivity index (χ3v) is 4.55. The Morgan fingerprint density at radius 1 is 1.19 bits per heavy atom. The first-order valence-corrected chi connectivity index (χ1v) is 10.5. The quantitative estimate of drug-likeness (QED) is 0.470. The number of carboxylic acid groups (broad SMARTS) is 1. The van der Waals surface area contributed by atoms with E-state index in [1.165, 1.54) is 5.56 Å². The number of nitrogens with zero attached hydrogens (tertiary/aromatic N) is 2. The summed E-state index contributed by atoms with van der Waals surface area (Å²) in [7, 11) is 1.67. The summed E-state index contributed by atoms with van der Waals surface area (Å²) in [4.78, 5) is 40.2. The predicted octanol–water partition coefficient (Wildman–Crippen LogP) is 3.29. The molecule has 0 radical (unpaired) electrons. The molecule has 0 saturated heterocycles. The van der Waals surface area contributed by atoms with Crippen LogP contribution >= 0.6 is 0 Å². The first-order chi connectivity index (χ1) is 15.1. The van der Waals surface area contributed by atoms with Crippen LogP contribution in [0.15, 0.2) is 58.5 Å². The highest BCUT2D eigenvalue weighted by atomic mass is 16.5. The monoisotopic (exact) mass is 443 g/mol. The summed E-state index contributed by atoms with van der Waals surface area (Å²) in [6.45, 7) is 7.24. The molecule has 2 rings (SSSR count). The van der Waals surface area contributed by atoms with Gasteiger partial charge in [0.25, 0.3) is 5.91 Å². The molecule has 0 spiro atoms. The van der Waals surface area contributed by atoms with E-state index in [-0.39, 0.29) is 17.2 Å². The first-order valence-electron chi connectivity index (χ1n) is 10.5. The van der Waals surface area contributed by atoms with Crippen LogP contribution in [0.4, 0.5) is 0 Å². The number of primary amides is 1. The number of ether oxygens (including phenoxy) is 1. The number of aliphatic carboxylic acids is 1. The van der Waals surface area contributed by atoms with Crippen LogP contribution in [-0.2, 0) is 25.5 Å². The summed E-state index contributed by atoms with van der Waals surface area (Å²) >= 11 is 0. The molecule has 0 saturated carbocycles. The number of rotatable bonds is 8. The van der Waals surface area contributed by atoms with Crippen molar-refractivity contribution >= 4 is 23.6 Å². The number of ketones is 1. The number of carbonyl (C=O) groups excluding carboxylic acids is 2. The van der Waals surface area contributed by atoms with Gasteiger partial charge in [-0.25, -0.2) is 9.79 Å². The molecule has 1 aromatic rings. The second kappa shape index (κ2) is 13.1. The summed E-state index contributed by atoms with van der Waals surface area (Å²) in [6, 6.07) is 10.5. The minimum atomic E-state index is -1.17. The molecule has 0 bridgehead atoms. The SMILES string of the molecule is CC1=CN(C)/C(=C(\CCC(C)C)C(=O)C(N)=O)C(OCC(=O)O)=N1.CCc1ccccc1. The average Bonchev–Trinajstić information content (AvgIpc) is 2.74. The van der Waals surface area contributed by atoms with Crippen LogP contribution in [0.5, 0.6) is 0 Å². The number of allylic oxidation sites excluding steroid dienone is 1. The fourth-order valence-corrected chi connectivity index (χ4v) is 2.95. The maximum Gasteiger partial charge on any atom is 0.341 e. The Kier molecular flexibility index (Phi) is 10.9. The summed E-state index contributed by atoms with van der Waals surface area (Å²) in [5.41, 5.74) is 7.59. The van der Waals surface area contributed by atoms with Gasteiger partial charge in [0.2, 0.25) is 11.7 Å². The van der Waals surface area contributed by atoms with Gasteiger partial charge < -0.3 is 20.5 Å². The van der Waals surface area contributed by atoms with Crippen molar-refractivity contribution in [3.05, 3.63) is 59.1 Å². The van der Waals surface area contributed by atoms with Crippen molar-refractivity contribution in [2.75, 3.05) is 13.7 Å². The number of aryl methyl sites for hydroxylation is 1. The second-order valence-electron chi connectivity index (χ2n) is 7.77. The number of carbonyl (C=O) groups is 3. The summed E-state index contributed by atoms with van der Waals surface area (Å²) in [6.07, 6.45) is 3.76. The molecule has 1 heterocycles. The van der Waals surface area contributed by atoms with Crippen molar-refractivity contribution in [3.8, 4) is 0 Å². The maximum absolute atomic E-state index is 12.3. The van der Waals surface area contributed by atoms with Gasteiger partial charge in [-0.3, -0.25) is 9.59 Å². The molecule has 3 N–H and O–H groups in total. The van der Waals surface area contributed by atoms with Crippen LogP contribution in [0.2, 0.25) is 0 Å². The van der Waals surface area contributed by atoms with Crippen molar-refractivity contribution < 1.29 is 24.2 Å². The van der Waals surface area contributed by atoms with E-state index in [1.807, 2.05) is 19.9 Å². The van der Waals surface area contributed by atoms with Crippen LogP contribution in [0.1, 0.15) is 46.1 Å². The van der Waals surface area contributed by atoms with Crippen molar-refractivity contribution in [1.82, 2.24) is 4.90 Å². The van der Waals surface area contributed by atoms with Gasteiger partial charge in [0.15, 0.2) is 6.61 Å². The summed E-state index contributed by atoms with van der Waals surface area (Å²) < 4.78 is 5.22. The number of amides is 1. The van der Waals surface area contributed by atoms with Crippen LogP contribution in [0.25, 0.3) is 0 Å². The highest BCUT2D eigenvalue weighted by molar-refractivity contribution is 6.43. The zero-order chi connectivity index (χ0) is 24.3. The minimum Gasteiger partial charge on any atom is -0.479 e. The van der Waals surface area contributed by atoms with E-state index >= 15 is 0 Å². The molecule has 1 aliphatic rings.